The molecule has 0 aliphatic carbocycles. The molecule has 0 spiro atoms. The summed E-state index contributed by atoms with van der Waals surface area (Å²) in [6.07, 6.45) is 0. The van der Waals surface area contributed by atoms with E-state index in [1.165, 1.54) is 0 Å². The number of esters is 1. The van der Waals surface area contributed by atoms with Crippen LogP contribution in [0, 0.1) is 0 Å². The molecule has 0 fully saturated rings. The quantitative estimate of drug-likeness (QED) is 0.472. The van der Waals surface area contributed by atoms with E-state index in [1.807, 2.05) is 0 Å². The molecule has 1 rings (SSSR count). The summed E-state index contributed by atoms with van der Waals surface area (Å²) in [5.41, 5.74) is 1.19. The zero-order valence-electron chi connectivity index (χ0n) is 12.3. The molecule has 0 radical (unpaired) electrons. The molecule has 8 heteroatoms. The van der Waals surface area contributed by atoms with Crippen molar-refractivity contribution >= 4 is 21.1 Å². The predicted octanol–water partition coefficient (Wildman–Crippen LogP) is 1.57. The molecule has 0 amide bonds. The molecule has 1 aromatic rings. The Morgan fingerprint density at radius 2 is 1.86 bits per heavy atom. The predicted molar refractivity (Wildman–Crippen MR) is 82.4 cm³/mol. The monoisotopic (exact) mass is 497 g/mol. The molecule has 0 aromatic heterocycles. The number of nitrogens with two attached hydrogens (primary N) is 2. The fraction of sp³-hybridized carbons (Fsp3) is 0.462. The molecule has 0 saturated heterocycles. The molecular formula is C13H23ClN4O2Pt. The standard InChI is InChI=1S/C13H20N2O2.ClH.2H2N.Pt/c1-3-15(4-2)9-10-17-13(16)11-5-7-12(14)8-6-11;;;;/h5-8H,3-4,9-10H2,1-2H3,(H2,14,16);1H;2*1H2;/q;;2*-1;+4/p-2. The first-order valence-electron chi connectivity index (χ1n) is 6.52. The molecule has 5 N–H and O–H groups in total. The number of nitrogens with zero attached hydrogens (tertiary/aromatic N) is 1. The van der Waals surface area contributed by atoms with E-state index in [2.05, 4.69) is 22.6 Å². The first-order chi connectivity index (χ1) is 9.85. The molecule has 0 saturated carbocycles. The fourth-order valence-electron chi connectivity index (χ4n) is 1.69. The van der Waals surface area contributed by atoms with E-state index in [-0.39, 0.29) is 5.97 Å². The minimum atomic E-state index is -3.29. The van der Waals surface area contributed by atoms with Gasteiger partial charge in [0.05, 0.1) is 0 Å². The Bertz CT molecular complexity index is 446. The van der Waals surface area contributed by atoms with Crippen molar-refractivity contribution in [1.29, 1.82) is 0 Å². The minimum absolute atomic E-state index is 0.341. The van der Waals surface area contributed by atoms with Gasteiger partial charge in [-0.3, -0.25) is 0 Å². The van der Waals surface area contributed by atoms with Gasteiger partial charge in [-0.1, -0.05) is 0 Å². The van der Waals surface area contributed by atoms with Crippen molar-refractivity contribution < 1.29 is 25.3 Å². The van der Waals surface area contributed by atoms with Gasteiger partial charge in [0.15, 0.2) is 0 Å². The number of carbonyl (C=O) groups is 1. The third kappa shape index (κ3) is 7.25. The Kier molecular flexibility index (Phi) is 7.63. The van der Waals surface area contributed by atoms with Crippen LogP contribution in [-0.2, 0) is 20.5 Å². The molecule has 0 atom stereocenters. The van der Waals surface area contributed by atoms with Crippen LogP contribution in [-0.4, -0.2) is 37.1 Å². The number of carbonyl (C=O) groups excluding carboxylic acids is 1. The van der Waals surface area contributed by atoms with Gasteiger partial charge in [-0.05, 0) is 0 Å². The van der Waals surface area contributed by atoms with Crippen LogP contribution in [0.15, 0.2) is 24.3 Å². The van der Waals surface area contributed by atoms with Gasteiger partial charge in [0.2, 0.25) is 0 Å². The van der Waals surface area contributed by atoms with Gasteiger partial charge in [0.25, 0.3) is 0 Å². The normalized spacial score (nSPS) is 12.3. The van der Waals surface area contributed by atoms with Crippen LogP contribution in [0.25, 0.3) is 0 Å². The fourth-order valence-corrected chi connectivity index (χ4v) is 3.64. The summed E-state index contributed by atoms with van der Waals surface area (Å²) in [6, 6.07) is 6.74. The molecule has 0 unspecified atom stereocenters. The van der Waals surface area contributed by atoms with Crippen molar-refractivity contribution in [1.82, 2.24) is 4.90 Å². The number of ether oxygens (including phenoxy) is 1. The summed E-state index contributed by atoms with van der Waals surface area (Å²) < 4.78 is 19.3. The number of nitrogens with one attached hydrogen (secondary N) is 1. The zero-order chi connectivity index (χ0) is 15.9. The van der Waals surface area contributed by atoms with Gasteiger partial charge >= 0.3 is 134 Å². The molecular weight excluding hydrogens is 475 g/mol. The summed E-state index contributed by atoms with van der Waals surface area (Å²) in [7, 11) is 5.82. The summed E-state index contributed by atoms with van der Waals surface area (Å²) >= 11 is -3.29. The van der Waals surface area contributed by atoms with Crippen molar-refractivity contribution in [3.63, 3.8) is 0 Å². The second-order valence-electron chi connectivity index (χ2n) is 4.30. The van der Waals surface area contributed by atoms with Gasteiger partial charge in [0, 0.05) is 0 Å². The summed E-state index contributed by atoms with van der Waals surface area (Å²) in [5.74, 6) is -0.341. The van der Waals surface area contributed by atoms with Crippen LogP contribution < -0.4 is 12.5 Å². The number of likely N-dealkylation sites (N-methyl/N-ethyl adjacent to an activating group) is 1. The first-order valence-corrected chi connectivity index (χ1v) is 13.1. The van der Waals surface area contributed by atoms with Crippen molar-refractivity contribution in [2.45, 2.75) is 13.8 Å². The molecule has 0 bridgehead atoms. The number of benzene rings is 1. The number of halogens is 1. The summed E-state index contributed by atoms with van der Waals surface area (Å²) in [6.45, 7) is 7.16. The van der Waals surface area contributed by atoms with E-state index in [1.54, 1.807) is 24.3 Å². The third-order valence-corrected chi connectivity index (χ3v) is 4.88. The van der Waals surface area contributed by atoms with E-state index in [0.29, 0.717) is 17.9 Å². The maximum absolute atomic E-state index is 11.9. The Hall–Kier alpha value is -0.652. The average molecular weight is 498 g/mol. The molecule has 0 aliphatic heterocycles. The summed E-state index contributed by atoms with van der Waals surface area (Å²) in [5, 5.41) is 0. The molecule has 0 heterocycles. The molecule has 0 aliphatic rings. The van der Waals surface area contributed by atoms with Crippen LogP contribution >= 0.6 is 9.42 Å². The van der Waals surface area contributed by atoms with Gasteiger partial charge < -0.3 is 0 Å². The molecule has 1 aromatic carbocycles. The van der Waals surface area contributed by atoms with E-state index < -0.39 is 15.8 Å². The Labute approximate surface area is 133 Å². The van der Waals surface area contributed by atoms with Gasteiger partial charge in [-0.2, -0.15) is 0 Å². The van der Waals surface area contributed by atoms with Crippen LogP contribution in [0.5, 0.6) is 0 Å². The van der Waals surface area contributed by atoms with Crippen molar-refractivity contribution in [3.05, 3.63) is 29.8 Å². The van der Waals surface area contributed by atoms with E-state index >= 15 is 0 Å². The van der Waals surface area contributed by atoms with Crippen molar-refractivity contribution in [2.24, 2.45) is 8.58 Å². The number of hydrogen-bond acceptors (Lipinski definition) is 6. The van der Waals surface area contributed by atoms with E-state index in [4.69, 9.17) is 22.7 Å². The van der Waals surface area contributed by atoms with Gasteiger partial charge in [-0.15, -0.1) is 0 Å². The van der Waals surface area contributed by atoms with E-state index in [9.17, 15) is 4.79 Å². The van der Waals surface area contributed by atoms with E-state index in [0.717, 1.165) is 19.6 Å². The number of rotatable bonds is 8. The molecule has 21 heavy (non-hydrogen) atoms. The summed E-state index contributed by atoms with van der Waals surface area (Å²) in [4.78, 5) is 14.1. The Morgan fingerprint density at radius 3 is 2.33 bits per heavy atom. The molecule has 6 nitrogen and oxygen atoms in total. The van der Waals surface area contributed by atoms with Crippen LogP contribution in [0.4, 0.5) is 5.69 Å². The van der Waals surface area contributed by atoms with Crippen LogP contribution in [0.1, 0.15) is 24.2 Å². The van der Waals surface area contributed by atoms with Crippen molar-refractivity contribution in [2.75, 3.05) is 30.1 Å². The van der Waals surface area contributed by atoms with Gasteiger partial charge in [-0.25, -0.2) is 0 Å². The number of hydrogen-bond donors (Lipinski definition) is 3. The molecule has 124 valence electrons. The third-order valence-electron chi connectivity index (χ3n) is 2.87. The van der Waals surface area contributed by atoms with Crippen LogP contribution in [0.2, 0.25) is 0 Å². The SMILES string of the molecule is CCN(CC)CCOC(=O)c1ccc([NH][Pt]([NH2])([NH2])[Cl])cc1. The Morgan fingerprint density at radius 1 is 1.29 bits per heavy atom. The van der Waals surface area contributed by atoms with Crippen molar-refractivity contribution in [3.8, 4) is 0 Å². The zero-order valence-corrected chi connectivity index (χ0v) is 15.3. The second-order valence-corrected chi connectivity index (χ2v) is 11.6. The number of anilines is 1. The van der Waals surface area contributed by atoms with Gasteiger partial charge in [0.1, 0.15) is 0 Å². The average Bonchev–Trinajstić information content (AvgIpc) is 2.42. The Balaban J connectivity index is 2.48. The van der Waals surface area contributed by atoms with Crippen LogP contribution in [0.3, 0.4) is 0 Å². The topological polar surface area (TPSA) is 93.6 Å². The first kappa shape index (κ1) is 18.4. The maximum atomic E-state index is 11.9. The second kappa shape index (κ2) is 8.71.